The Hall–Kier alpha value is -4.64. The summed E-state index contributed by atoms with van der Waals surface area (Å²) in [6.07, 6.45) is 0.741. The molecular weight excluding hydrogens is 482 g/mol. The molecule has 1 aliphatic heterocycles. The van der Waals surface area contributed by atoms with Crippen LogP contribution in [0, 0.1) is 6.92 Å². The van der Waals surface area contributed by atoms with Crippen LogP contribution < -0.4 is 5.32 Å². The van der Waals surface area contributed by atoms with Gasteiger partial charge < -0.3 is 14.8 Å². The van der Waals surface area contributed by atoms with E-state index in [2.05, 4.69) is 72.4 Å². The molecule has 1 N–H and O–H groups in total. The summed E-state index contributed by atoms with van der Waals surface area (Å²) >= 11 is 0. The molecule has 1 aromatic heterocycles. The fourth-order valence-electron chi connectivity index (χ4n) is 5.81. The molecule has 0 aliphatic carbocycles. The van der Waals surface area contributed by atoms with E-state index in [4.69, 9.17) is 0 Å². The van der Waals surface area contributed by atoms with Gasteiger partial charge in [-0.15, -0.1) is 0 Å². The normalized spacial score (nSPS) is 14.6. The average Bonchev–Trinajstić information content (AvgIpc) is 3.40. The molecule has 1 atom stereocenters. The maximum atomic E-state index is 13.8. The van der Waals surface area contributed by atoms with Crippen LogP contribution in [0.25, 0.3) is 22.2 Å². The van der Waals surface area contributed by atoms with Gasteiger partial charge in [-0.25, -0.2) is 0 Å². The molecule has 4 aromatic carbocycles. The molecule has 6 rings (SSSR count). The van der Waals surface area contributed by atoms with Crippen molar-refractivity contribution in [3.05, 3.63) is 131 Å². The number of amides is 2. The maximum absolute atomic E-state index is 13.8. The topological polar surface area (TPSA) is 54.3 Å². The Kier molecular flexibility index (Phi) is 6.49. The van der Waals surface area contributed by atoms with E-state index in [1.54, 1.807) is 4.90 Å². The first-order chi connectivity index (χ1) is 19.0. The highest BCUT2D eigenvalue weighted by atomic mass is 16.2. The first kappa shape index (κ1) is 24.7. The number of rotatable bonds is 7. The van der Waals surface area contributed by atoms with Gasteiger partial charge >= 0.3 is 0 Å². The molecule has 0 bridgehead atoms. The second kappa shape index (κ2) is 10.3. The van der Waals surface area contributed by atoms with E-state index in [9.17, 15) is 9.59 Å². The summed E-state index contributed by atoms with van der Waals surface area (Å²) in [4.78, 5) is 28.7. The zero-order valence-electron chi connectivity index (χ0n) is 22.2. The quantitative estimate of drug-likeness (QED) is 0.288. The number of benzene rings is 4. The van der Waals surface area contributed by atoms with Crippen molar-refractivity contribution >= 4 is 22.7 Å². The van der Waals surface area contributed by atoms with E-state index in [0.29, 0.717) is 12.1 Å². The molecule has 5 heteroatoms. The third kappa shape index (κ3) is 4.50. The standard InChI is InChI=1S/C34H31N3O2/c1-23-16-18-25(19-17-23)32-31(28-14-8-9-15-29(28)36(32)2)33-26-12-6-7-13-27(26)34(39)37(33)22-30(38)35-21-20-24-10-4-3-5-11-24/h3-19,33H,20-22H2,1-2H3,(H,35,38). The summed E-state index contributed by atoms with van der Waals surface area (Å²) in [5, 5.41) is 4.12. The lowest BCUT2D eigenvalue weighted by Crippen LogP contribution is -2.40. The Balaban J connectivity index is 1.41. The first-order valence-corrected chi connectivity index (χ1v) is 13.4. The van der Waals surface area contributed by atoms with Gasteiger partial charge in [0.05, 0.1) is 11.7 Å². The van der Waals surface area contributed by atoms with Gasteiger partial charge in [0.1, 0.15) is 6.54 Å². The molecule has 0 saturated carbocycles. The van der Waals surface area contributed by atoms with Crippen molar-refractivity contribution in [3.63, 3.8) is 0 Å². The highest BCUT2D eigenvalue weighted by Crippen LogP contribution is 2.46. The summed E-state index contributed by atoms with van der Waals surface area (Å²) < 4.78 is 2.21. The van der Waals surface area contributed by atoms with Gasteiger partial charge in [-0.1, -0.05) is 96.6 Å². The zero-order valence-corrected chi connectivity index (χ0v) is 22.2. The summed E-state index contributed by atoms with van der Waals surface area (Å²) in [6, 6.07) is 34.3. The van der Waals surface area contributed by atoms with Crippen LogP contribution >= 0.6 is 0 Å². The molecule has 39 heavy (non-hydrogen) atoms. The van der Waals surface area contributed by atoms with Crippen LogP contribution in [-0.2, 0) is 18.3 Å². The second-order valence-corrected chi connectivity index (χ2v) is 10.2. The van der Waals surface area contributed by atoms with E-state index in [-0.39, 0.29) is 24.4 Å². The lowest BCUT2D eigenvalue weighted by molar-refractivity contribution is -0.122. The summed E-state index contributed by atoms with van der Waals surface area (Å²) in [5.41, 5.74) is 8.22. The van der Waals surface area contributed by atoms with E-state index in [1.807, 2.05) is 54.6 Å². The van der Waals surface area contributed by atoms with Crippen LogP contribution in [0.15, 0.2) is 103 Å². The highest BCUT2D eigenvalue weighted by Gasteiger charge is 2.41. The van der Waals surface area contributed by atoms with Crippen molar-refractivity contribution in [3.8, 4) is 11.3 Å². The summed E-state index contributed by atoms with van der Waals surface area (Å²) in [6.45, 7) is 2.59. The molecule has 2 amide bonds. The molecule has 0 spiro atoms. The number of aromatic nitrogens is 1. The van der Waals surface area contributed by atoms with Crippen molar-refractivity contribution in [2.45, 2.75) is 19.4 Å². The van der Waals surface area contributed by atoms with E-state index in [1.165, 1.54) is 11.1 Å². The van der Waals surface area contributed by atoms with Crippen LogP contribution in [-0.4, -0.2) is 34.4 Å². The lowest BCUT2D eigenvalue weighted by atomic mass is 9.93. The third-order valence-electron chi connectivity index (χ3n) is 7.70. The zero-order chi connectivity index (χ0) is 26.9. The average molecular weight is 514 g/mol. The second-order valence-electron chi connectivity index (χ2n) is 10.2. The largest absolute Gasteiger partial charge is 0.354 e. The van der Waals surface area contributed by atoms with Crippen LogP contribution in [0.3, 0.4) is 0 Å². The summed E-state index contributed by atoms with van der Waals surface area (Å²) in [5.74, 6) is -0.272. The predicted octanol–water partition coefficient (Wildman–Crippen LogP) is 6.06. The predicted molar refractivity (Wildman–Crippen MR) is 156 cm³/mol. The Morgan fingerprint density at radius 3 is 2.33 bits per heavy atom. The number of hydrogen-bond donors (Lipinski definition) is 1. The number of para-hydroxylation sites is 1. The molecule has 0 saturated heterocycles. The number of nitrogens with zero attached hydrogens (tertiary/aromatic N) is 2. The van der Waals surface area contributed by atoms with Gasteiger partial charge in [-0.05, 0) is 42.2 Å². The van der Waals surface area contributed by atoms with Crippen LogP contribution in [0.2, 0.25) is 0 Å². The summed E-state index contributed by atoms with van der Waals surface area (Å²) in [7, 11) is 2.07. The fourth-order valence-corrected chi connectivity index (χ4v) is 5.81. The van der Waals surface area contributed by atoms with Gasteiger partial charge in [0.15, 0.2) is 0 Å². The van der Waals surface area contributed by atoms with Crippen molar-refractivity contribution in [2.24, 2.45) is 7.05 Å². The molecule has 0 radical (unpaired) electrons. The lowest BCUT2D eigenvalue weighted by Gasteiger charge is -2.26. The van der Waals surface area contributed by atoms with Crippen molar-refractivity contribution in [1.29, 1.82) is 0 Å². The number of hydrogen-bond acceptors (Lipinski definition) is 2. The number of carbonyl (C=O) groups is 2. The smallest absolute Gasteiger partial charge is 0.255 e. The van der Waals surface area contributed by atoms with Gasteiger partial charge in [0.2, 0.25) is 5.91 Å². The van der Waals surface area contributed by atoms with Gasteiger partial charge in [-0.2, -0.15) is 0 Å². The molecule has 5 nitrogen and oxygen atoms in total. The molecule has 1 aliphatic rings. The SMILES string of the molecule is Cc1ccc(-c2c(C3c4ccccc4C(=O)N3CC(=O)NCCc3ccccc3)c3ccccc3n2C)cc1. The van der Waals surface area contributed by atoms with Crippen LogP contribution in [0.1, 0.15) is 38.7 Å². The fraction of sp³-hybridized carbons (Fsp3) is 0.176. The number of fused-ring (bicyclic) bond motifs is 2. The Bertz CT molecular complexity index is 1670. The minimum absolute atomic E-state index is 0.0104. The maximum Gasteiger partial charge on any atom is 0.255 e. The number of aryl methyl sites for hydroxylation is 2. The van der Waals surface area contributed by atoms with Crippen molar-refractivity contribution in [2.75, 3.05) is 13.1 Å². The minimum Gasteiger partial charge on any atom is -0.354 e. The van der Waals surface area contributed by atoms with Gasteiger partial charge in [0.25, 0.3) is 5.91 Å². The van der Waals surface area contributed by atoms with Gasteiger partial charge in [0, 0.05) is 35.6 Å². The molecule has 1 unspecified atom stereocenters. The molecule has 194 valence electrons. The molecule has 0 fully saturated rings. The van der Waals surface area contributed by atoms with Gasteiger partial charge in [-0.3, -0.25) is 9.59 Å². The number of nitrogens with one attached hydrogen (secondary N) is 1. The molecule has 5 aromatic rings. The molecular formula is C34H31N3O2. The van der Waals surface area contributed by atoms with Crippen molar-refractivity contribution < 1.29 is 9.59 Å². The molecule has 2 heterocycles. The Morgan fingerprint density at radius 1 is 0.846 bits per heavy atom. The first-order valence-electron chi connectivity index (χ1n) is 13.4. The number of carbonyl (C=O) groups excluding carboxylic acids is 2. The monoisotopic (exact) mass is 513 g/mol. The van der Waals surface area contributed by atoms with Crippen LogP contribution in [0.5, 0.6) is 0 Å². The highest BCUT2D eigenvalue weighted by molar-refractivity contribution is 6.03. The Labute approximate surface area is 228 Å². The van der Waals surface area contributed by atoms with E-state index in [0.717, 1.165) is 39.7 Å². The van der Waals surface area contributed by atoms with Crippen LogP contribution in [0.4, 0.5) is 0 Å². The third-order valence-corrected chi connectivity index (χ3v) is 7.70. The van der Waals surface area contributed by atoms with E-state index >= 15 is 0 Å². The Morgan fingerprint density at radius 2 is 1.54 bits per heavy atom. The minimum atomic E-state index is -0.379. The van der Waals surface area contributed by atoms with Crippen molar-refractivity contribution in [1.82, 2.24) is 14.8 Å². The van der Waals surface area contributed by atoms with E-state index < -0.39 is 0 Å².